The first-order valence-corrected chi connectivity index (χ1v) is 8.21. The van der Waals surface area contributed by atoms with Gasteiger partial charge in [0.15, 0.2) is 0 Å². The number of ether oxygens (including phenoxy) is 1. The standard InChI is InChI=1S/C11H13BrClNO3S/c12-10-4-3-8(13)6-11(10)18(15,16)14-7-9-2-1-5-17-9/h3-4,6,9,14H,1-2,5,7H2/t9-/m0/s1. The van der Waals surface area contributed by atoms with E-state index in [1.165, 1.54) is 6.07 Å². The molecule has 0 aliphatic carbocycles. The summed E-state index contributed by atoms with van der Waals surface area (Å²) in [7, 11) is -3.56. The van der Waals surface area contributed by atoms with Gasteiger partial charge in [0.05, 0.1) is 11.0 Å². The maximum Gasteiger partial charge on any atom is 0.241 e. The van der Waals surface area contributed by atoms with Gasteiger partial charge in [0.1, 0.15) is 0 Å². The van der Waals surface area contributed by atoms with Crippen LogP contribution < -0.4 is 4.72 Å². The van der Waals surface area contributed by atoms with E-state index in [0.29, 0.717) is 22.6 Å². The highest BCUT2D eigenvalue weighted by Gasteiger charge is 2.22. The molecule has 1 aromatic carbocycles. The second kappa shape index (κ2) is 5.88. The number of hydrogen-bond donors (Lipinski definition) is 1. The maximum absolute atomic E-state index is 12.1. The Bertz CT molecular complexity index is 529. The van der Waals surface area contributed by atoms with Gasteiger partial charge in [-0.1, -0.05) is 11.6 Å². The summed E-state index contributed by atoms with van der Waals surface area (Å²) in [5.74, 6) is 0. The van der Waals surface area contributed by atoms with Crippen molar-refractivity contribution in [3.05, 3.63) is 27.7 Å². The first-order chi connectivity index (χ1) is 8.49. The zero-order chi connectivity index (χ0) is 13.2. The quantitative estimate of drug-likeness (QED) is 0.904. The van der Waals surface area contributed by atoms with Crippen LogP contribution in [0.15, 0.2) is 27.6 Å². The lowest BCUT2D eigenvalue weighted by molar-refractivity contribution is 0.114. The lowest BCUT2D eigenvalue weighted by Gasteiger charge is -2.12. The zero-order valence-electron chi connectivity index (χ0n) is 9.53. The minimum atomic E-state index is -3.56. The molecule has 1 aliphatic heterocycles. The van der Waals surface area contributed by atoms with Gasteiger partial charge in [0.25, 0.3) is 0 Å². The molecule has 1 N–H and O–H groups in total. The Labute approximate surface area is 120 Å². The van der Waals surface area contributed by atoms with Gasteiger partial charge in [0, 0.05) is 22.6 Å². The summed E-state index contributed by atoms with van der Waals surface area (Å²) in [4.78, 5) is 0.146. The predicted molar refractivity (Wildman–Crippen MR) is 73.3 cm³/mol. The molecule has 1 aromatic rings. The first-order valence-electron chi connectivity index (χ1n) is 5.55. The summed E-state index contributed by atoms with van der Waals surface area (Å²) in [6.45, 7) is 0.995. The van der Waals surface area contributed by atoms with Crippen LogP contribution in [0.2, 0.25) is 5.02 Å². The van der Waals surface area contributed by atoms with E-state index in [9.17, 15) is 8.42 Å². The van der Waals surface area contributed by atoms with Gasteiger partial charge in [-0.3, -0.25) is 0 Å². The van der Waals surface area contributed by atoms with E-state index in [2.05, 4.69) is 20.7 Å². The summed E-state index contributed by atoms with van der Waals surface area (Å²) in [6.07, 6.45) is 1.84. The molecule has 7 heteroatoms. The first kappa shape index (κ1) is 14.3. The Kier molecular flexibility index (Phi) is 4.66. The largest absolute Gasteiger partial charge is 0.377 e. The SMILES string of the molecule is O=S(=O)(NC[C@@H]1CCCO1)c1cc(Cl)ccc1Br. The van der Waals surface area contributed by atoms with Gasteiger partial charge < -0.3 is 4.74 Å². The van der Waals surface area contributed by atoms with Gasteiger partial charge in [-0.2, -0.15) is 0 Å². The minimum absolute atomic E-state index is 0.0299. The molecule has 0 unspecified atom stereocenters. The van der Waals surface area contributed by atoms with Crippen molar-refractivity contribution in [2.45, 2.75) is 23.8 Å². The number of sulfonamides is 1. The third-order valence-corrected chi connectivity index (χ3v) is 5.36. The summed E-state index contributed by atoms with van der Waals surface area (Å²) < 4.78 is 32.6. The third kappa shape index (κ3) is 3.45. The molecule has 1 saturated heterocycles. The summed E-state index contributed by atoms with van der Waals surface area (Å²) in [5.41, 5.74) is 0. The highest BCUT2D eigenvalue weighted by atomic mass is 79.9. The van der Waals surface area contributed by atoms with Crippen LogP contribution in [0.3, 0.4) is 0 Å². The van der Waals surface area contributed by atoms with Crippen LogP contribution >= 0.6 is 27.5 Å². The molecular formula is C11H13BrClNO3S. The zero-order valence-corrected chi connectivity index (χ0v) is 12.7. The average molecular weight is 355 g/mol. The van der Waals surface area contributed by atoms with Crippen molar-refractivity contribution < 1.29 is 13.2 Å². The van der Waals surface area contributed by atoms with Crippen LogP contribution in [0, 0.1) is 0 Å². The molecule has 0 spiro atoms. The number of nitrogens with one attached hydrogen (secondary N) is 1. The van der Waals surface area contributed by atoms with Crippen LogP contribution in [0.4, 0.5) is 0 Å². The molecule has 1 aliphatic rings. The summed E-state index contributed by atoms with van der Waals surface area (Å²) in [5, 5.41) is 0.385. The molecule has 0 radical (unpaired) electrons. The second-order valence-electron chi connectivity index (χ2n) is 4.06. The van der Waals surface area contributed by atoms with Gasteiger partial charge in [-0.15, -0.1) is 0 Å². The lowest BCUT2D eigenvalue weighted by atomic mass is 10.2. The number of hydrogen-bond acceptors (Lipinski definition) is 3. The van der Waals surface area contributed by atoms with E-state index < -0.39 is 10.0 Å². The fraction of sp³-hybridized carbons (Fsp3) is 0.455. The van der Waals surface area contributed by atoms with Crippen LogP contribution in [0.1, 0.15) is 12.8 Å². The Balaban J connectivity index is 2.12. The monoisotopic (exact) mass is 353 g/mol. The Hall–Kier alpha value is -0.140. The van der Waals surface area contributed by atoms with Crippen LogP contribution in [0.5, 0.6) is 0 Å². The van der Waals surface area contributed by atoms with Crippen LogP contribution in [-0.2, 0) is 14.8 Å². The normalized spacial score (nSPS) is 20.2. The fourth-order valence-corrected chi connectivity index (χ4v) is 4.06. The third-order valence-electron chi connectivity index (χ3n) is 2.71. The van der Waals surface area contributed by atoms with Gasteiger partial charge in [0.2, 0.25) is 10.0 Å². The molecule has 18 heavy (non-hydrogen) atoms. The molecule has 2 rings (SSSR count). The molecular weight excluding hydrogens is 342 g/mol. The van der Waals surface area contributed by atoms with E-state index in [-0.39, 0.29) is 11.0 Å². The summed E-state index contributed by atoms with van der Waals surface area (Å²) in [6, 6.07) is 4.66. The van der Waals surface area contributed by atoms with Crippen molar-refractivity contribution in [1.29, 1.82) is 0 Å². The highest BCUT2D eigenvalue weighted by molar-refractivity contribution is 9.10. The van der Waals surface area contributed by atoms with E-state index in [1.54, 1.807) is 12.1 Å². The van der Waals surface area contributed by atoms with Crippen LogP contribution in [0.25, 0.3) is 0 Å². The van der Waals surface area contributed by atoms with Crippen molar-refractivity contribution in [3.63, 3.8) is 0 Å². The number of rotatable bonds is 4. The second-order valence-corrected chi connectivity index (χ2v) is 7.09. The van der Waals surface area contributed by atoms with Crippen molar-refractivity contribution in [2.75, 3.05) is 13.2 Å². The Morgan fingerprint density at radius 3 is 2.94 bits per heavy atom. The van der Waals surface area contributed by atoms with Crippen LogP contribution in [-0.4, -0.2) is 27.7 Å². The molecule has 4 nitrogen and oxygen atoms in total. The van der Waals surface area contributed by atoms with Gasteiger partial charge >= 0.3 is 0 Å². The Morgan fingerprint density at radius 2 is 2.28 bits per heavy atom. The van der Waals surface area contributed by atoms with E-state index in [0.717, 1.165) is 12.8 Å². The predicted octanol–water partition coefficient (Wildman–Crippen LogP) is 2.56. The van der Waals surface area contributed by atoms with Crippen molar-refractivity contribution in [2.24, 2.45) is 0 Å². The molecule has 100 valence electrons. The lowest BCUT2D eigenvalue weighted by Crippen LogP contribution is -2.32. The van der Waals surface area contributed by atoms with E-state index in [1.807, 2.05) is 0 Å². The van der Waals surface area contributed by atoms with E-state index >= 15 is 0 Å². The molecule has 0 amide bonds. The van der Waals surface area contributed by atoms with E-state index in [4.69, 9.17) is 16.3 Å². The average Bonchev–Trinajstić information content (AvgIpc) is 2.83. The molecule has 1 heterocycles. The molecule has 1 fully saturated rings. The van der Waals surface area contributed by atoms with Gasteiger partial charge in [-0.05, 0) is 47.0 Å². The molecule has 0 aromatic heterocycles. The topological polar surface area (TPSA) is 55.4 Å². The number of benzene rings is 1. The van der Waals surface area contributed by atoms with Gasteiger partial charge in [-0.25, -0.2) is 13.1 Å². The Morgan fingerprint density at radius 1 is 1.50 bits per heavy atom. The van der Waals surface area contributed by atoms with Crippen molar-refractivity contribution in [1.82, 2.24) is 4.72 Å². The molecule has 0 bridgehead atoms. The minimum Gasteiger partial charge on any atom is -0.377 e. The van der Waals surface area contributed by atoms with Crippen molar-refractivity contribution >= 4 is 37.6 Å². The highest BCUT2D eigenvalue weighted by Crippen LogP contribution is 2.25. The number of halogens is 2. The molecule has 0 saturated carbocycles. The maximum atomic E-state index is 12.1. The fourth-order valence-electron chi connectivity index (χ4n) is 1.77. The van der Waals surface area contributed by atoms with Crippen molar-refractivity contribution in [3.8, 4) is 0 Å². The molecule has 1 atom stereocenters. The summed E-state index contributed by atoms with van der Waals surface area (Å²) >= 11 is 9.02. The smallest absolute Gasteiger partial charge is 0.241 e.